The summed E-state index contributed by atoms with van der Waals surface area (Å²) in [4.78, 5) is 23.3. The van der Waals surface area contributed by atoms with E-state index >= 15 is 0 Å². The molecular formula is C22H32N4O3. The number of fused-ring (bicyclic) bond motifs is 1. The SMILES string of the molecule is COc1cc2nc(CC(C)(C)C)nc(NCCCN3CCCC3=O)c2cc1OC. The third-order valence-corrected chi connectivity index (χ3v) is 5.00. The van der Waals surface area contributed by atoms with E-state index in [-0.39, 0.29) is 11.3 Å². The highest BCUT2D eigenvalue weighted by molar-refractivity contribution is 5.91. The lowest BCUT2D eigenvalue weighted by molar-refractivity contribution is -0.127. The van der Waals surface area contributed by atoms with Crippen LogP contribution in [0.3, 0.4) is 0 Å². The van der Waals surface area contributed by atoms with Crippen molar-refractivity contribution >= 4 is 22.6 Å². The van der Waals surface area contributed by atoms with Crippen LogP contribution < -0.4 is 14.8 Å². The Bertz CT molecular complexity index is 876. The Labute approximate surface area is 172 Å². The summed E-state index contributed by atoms with van der Waals surface area (Å²) in [5, 5.41) is 4.36. The number of rotatable bonds is 8. The lowest BCUT2D eigenvalue weighted by atomic mass is 9.92. The van der Waals surface area contributed by atoms with Crippen LogP contribution in [0.5, 0.6) is 11.5 Å². The predicted molar refractivity (Wildman–Crippen MR) is 115 cm³/mol. The van der Waals surface area contributed by atoms with Gasteiger partial charge in [-0.2, -0.15) is 0 Å². The van der Waals surface area contributed by atoms with Gasteiger partial charge >= 0.3 is 0 Å². The molecule has 1 saturated heterocycles. The minimum Gasteiger partial charge on any atom is -0.493 e. The minimum absolute atomic E-state index is 0.0810. The van der Waals surface area contributed by atoms with E-state index in [0.717, 1.165) is 61.4 Å². The number of amides is 1. The van der Waals surface area contributed by atoms with Crippen LogP contribution in [-0.4, -0.2) is 54.6 Å². The van der Waals surface area contributed by atoms with E-state index in [9.17, 15) is 4.79 Å². The molecule has 7 nitrogen and oxygen atoms in total. The van der Waals surface area contributed by atoms with Gasteiger partial charge < -0.3 is 19.7 Å². The van der Waals surface area contributed by atoms with Crippen LogP contribution in [0.2, 0.25) is 0 Å². The van der Waals surface area contributed by atoms with E-state index in [0.29, 0.717) is 17.9 Å². The van der Waals surface area contributed by atoms with Crippen molar-refractivity contribution in [3.05, 3.63) is 18.0 Å². The first-order valence-electron chi connectivity index (χ1n) is 10.2. The number of anilines is 1. The maximum absolute atomic E-state index is 11.8. The van der Waals surface area contributed by atoms with Gasteiger partial charge in [0.2, 0.25) is 5.91 Å². The maximum atomic E-state index is 11.8. The summed E-state index contributed by atoms with van der Waals surface area (Å²) in [5.74, 6) is 3.16. The highest BCUT2D eigenvalue weighted by Gasteiger charge is 2.20. The van der Waals surface area contributed by atoms with E-state index in [1.807, 2.05) is 17.0 Å². The number of carbonyl (C=O) groups is 1. The van der Waals surface area contributed by atoms with Crippen molar-refractivity contribution in [2.24, 2.45) is 5.41 Å². The number of ether oxygens (including phenoxy) is 2. The molecule has 7 heteroatoms. The van der Waals surface area contributed by atoms with E-state index in [2.05, 4.69) is 26.1 Å². The number of nitrogens with zero attached hydrogens (tertiary/aromatic N) is 3. The normalized spacial score (nSPS) is 14.5. The Kier molecular flexibility index (Phi) is 6.45. The molecule has 2 heterocycles. The zero-order chi connectivity index (χ0) is 21.0. The molecule has 0 unspecified atom stereocenters. The van der Waals surface area contributed by atoms with Gasteiger partial charge in [-0.15, -0.1) is 0 Å². The van der Waals surface area contributed by atoms with Crippen LogP contribution in [0.25, 0.3) is 10.9 Å². The van der Waals surface area contributed by atoms with Crippen LogP contribution in [0.1, 0.15) is 45.9 Å². The first-order chi connectivity index (χ1) is 13.8. The molecule has 0 saturated carbocycles. The molecule has 1 aliphatic heterocycles. The standard InChI is InChI=1S/C22H32N4O3/c1-22(2,3)14-19-24-16-13-18(29-5)17(28-4)12-15(16)21(25-19)23-9-7-11-26-10-6-8-20(26)27/h12-13H,6-11,14H2,1-5H3,(H,23,24,25). The third-order valence-electron chi connectivity index (χ3n) is 5.00. The molecule has 1 aromatic carbocycles. The maximum Gasteiger partial charge on any atom is 0.222 e. The number of hydrogen-bond donors (Lipinski definition) is 1. The second-order valence-electron chi connectivity index (χ2n) is 8.71. The third kappa shape index (κ3) is 5.28. The van der Waals surface area contributed by atoms with Gasteiger partial charge in [-0.1, -0.05) is 20.8 Å². The van der Waals surface area contributed by atoms with Crippen molar-refractivity contribution in [2.45, 2.75) is 46.5 Å². The van der Waals surface area contributed by atoms with Crippen LogP contribution >= 0.6 is 0 Å². The summed E-state index contributed by atoms with van der Waals surface area (Å²) >= 11 is 0. The molecule has 1 fully saturated rings. The van der Waals surface area contributed by atoms with Crippen LogP contribution in [-0.2, 0) is 11.2 Å². The van der Waals surface area contributed by atoms with Gasteiger partial charge in [0.15, 0.2) is 11.5 Å². The Balaban J connectivity index is 1.84. The first kappa shape index (κ1) is 21.1. The molecular weight excluding hydrogens is 368 g/mol. The molecule has 3 rings (SSSR count). The number of hydrogen-bond acceptors (Lipinski definition) is 6. The zero-order valence-electron chi connectivity index (χ0n) is 18.2. The van der Waals surface area contributed by atoms with Crippen LogP contribution in [0, 0.1) is 5.41 Å². The Morgan fingerprint density at radius 2 is 1.86 bits per heavy atom. The second-order valence-corrected chi connectivity index (χ2v) is 8.71. The molecule has 0 bridgehead atoms. The van der Waals surface area contributed by atoms with Gasteiger partial charge in [0.25, 0.3) is 0 Å². The molecule has 0 aliphatic carbocycles. The largest absolute Gasteiger partial charge is 0.493 e. The lowest BCUT2D eigenvalue weighted by Crippen LogP contribution is -2.27. The topological polar surface area (TPSA) is 76.6 Å². The van der Waals surface area contributed by atoms with Crippen molar-refractivity contribution in [3.63, 3.8) is 0 Å². The molecule has 1 aromatic heterocycles. The van der Waals surface area contributed by atoms with Gasteiger partial charge in [0, 0.05) is 43.9 Å². The first-order valence-corrected chi connectivity index (χ1v) is 10.2. The number of benzene rings is 1. The quantitative estimate of drug-likeness (QED) is 0.682. The fourth-order valence-corrected chi connectivity index (χ4v) is 3.61. The van der Waals surface area contributed by atoms with Crippen molar-refractivity contribution in [1.82, 2.24) is 14.9 Å². The molecule has 0 atom stereocenters. The molecule has 0 radical (unpaired) electrons. The lowest BCUT2D eigenvalue weighted by Gasteiger charge is -2.19. The van der Waals surface area contributed by atoms with Gasteiger partial charge in [-0.25, -0.2) is 9.97 Å². The molecule has 0 spiro atoms. The highest BCUT2D eigenvalue weighted by atomic mass is 16.5. The Morgan fingerprint density at radius 3 is 2.48 bits per heavy atom. The van der Waals surface area contributed by atoms with E-state index in [4.69, 9.17) is 19.4 Å². The molecule has 158 valence electrons. The minimum atomic E-state index is 0.0810. The summed E-state index contributed by atoms with van der Waals surface area (Å²) in [5.41, 5.74) is 0.909. The monoisotopic (exact) mass is 400 g/mol. The molecule has 1 aliphatic rings. The fraction of sp³-hybridized carbons (Fsp3) is 0.591. The molecule has 1 amide bonds. The van der Waals surface area contributed by atoms with Crippen molar-refractivity contribution in [2.75, 3.05) is 39.2 Å². The fourth-order valence-electron chi connectivity index (χ4n) is 3.61. The van der Waals surface area contributed by atoms with Gasteiger partial charge in [-0.05, 0) is 24.3 Å². The van der Waals surface area contributed by atoms with Gasteiger partial charge in [0.05, 0.1) is 19.7 Å². The highest BCUT2D eigenvalue weighted by Crippen LogP contribution is 2.34. The van der Waals surface area contributed by atoms with Crippen LogP contribution in [0.15, 0.2) is 12.1 Å². The van der Waals surface area contributed by atoms with Crippen molar-refractivity contribution < 1.29 is 14.3 Å². The zero-order valence-corrected chi connectivity index (χ0v) is 18.2. The summed E-state index contributed by atoms with van der Waals surface area (Å²) in [6, 6.07) is 3.82. The number of nitrogens with one attached hydrogen (secondary N) is 1. The molecule has 29 heavy (non-hydrogen) atoms. The number of aromatic nitrogens is 2. The van der Waals surface area contributed by atoms with Crippen molar-refractivity contribution in [3.8, 4) is 11.5 Å². The van der Waals surface area contributed by atoms with Gasteiger partial charge in [0.1, 0.15) is 11.6 Å². The Morgan fingerprint density at radius 1 is 1.14 bits per heavy atom. The Hall–Kier alpha value is -2.57. The van der Waals surface area contributed by atoms with Gasteiger partial charge in [-0.3, -0.25) is 4.79 Å². The van der Waals surface area contributed by atoms with E-state index in [1.165, 1.54) is 0 Å². The van der Waals surface area contributed by atoms with Crippen molar-refractivity contribution in [1.29, 1.82) is 0 Å². The average Bonchev–Trinajstić information content (AvgIpc) is 3.07. The summed E-state index contributed by atoms with van der Waals surface area (Å²) in [6.45, 7) is 8.92. The summed E-state index contributed by atoms with van der Waals surface area (Å²) in [6.07, 6.45) is 3.30. The van der Waals surface area contributed by atoms with Crippen LogP contribution in [0.4, 0.5) is 5.82 Å². The molecule has 2 aromatic rings. The second kappa shape index (κ2) is 8.84. The smallest absolute Gasteiger partial charge is 0.222 e. The van der Waals surface area contributed by atoms with E-state index < -0.39 is 0 Å². The average molecular weight is 401 g/mol. The number of methoxy groups -OCH3 is 2. The molecule has 1 N–H and O–H groups in total. The number of likely N-dealkylation sites (tertiary alicyclic amines) is 1. The number of carbonyl (C=O) groups excluding carboxylic acids is 1. The van der Waals surface area contributed by atoms with E-state index in [1.54, 1.807) is 14.2 Å². The predicted octanol–water partition coefficient (Wildman–Crippen LogP) is 3.66. The summed E-state index contributed by atoms with van der Waals surface area (Å²) < 4.78 is 10.9. The summed E-state index contributed by atoms with van der Waals surface area (Å²) in [7, 11) is 3.25.